The number of hydrogen-bond donors (Lipinski definition) is 1. The maximum atomic E-state index is 11.1. The minimum absolute atomic E-state index is 0.0433. The predicted octanol–water partition coefficient (Wildman–Crippen LogP) is 4.54. The molecule has 2 aromatic rings. The second-order valence-electron chi connectivity index (χ2n) is 5.79. The van der Waals surface area contributed by atoms with Gasteiger partial charge in [-0.1, -0.05) is 50.2 Å². The van der Waals surface area contributed by atoms with E-state index in [-0.39, 0.29) is 11.8 Å². The van der Waals surface area contributed by atoms with Crippen LogP contribution in [-0.2, 0) is 4.79 Å². The van der Waals surface area contributed by atoms with Crippen LogP contribution in [0.15, 0.2) is 42.5 Å². The number of rotatable bonds is 5. The lowest BCUT2D eigenvalue weighted by atomic mass is 9.84. The molecule has 21 heavy (non-hydrogen) atoms. The lowest BCUT2D eigenvalue weighted by Gasteiger charge is -2.21. The van der Waals surface area contributed by atoms with Gasteiger partial charge < -0.3 is 9.90 Å². The quantitative estimate of drug-likeness (QED) is 0.817. The Morgan fingerprint density at radius 1 is 1.10 bits per heavy atom. The molecule has 0 aliphatic heterocycles. The highest BCUT2D eigenvalue weighted by Gasteiger charge is 2.19. The molecule has 1 atom stereocenters. The Hall–Kier alpha value is -2.09. The van der Waals surface area contributed by atoms with Gasteiger partial charge in [-0.2, -0.15) is 0 Å². The molecule has 0 fully saturated rings. The van der Waals surface area contributed by atoms with E-state index in [2.05, 4.69) is 32.0 Å². The smallest absolute Gasteiger partial charge is 0.120 e. The summed E-state index contributed by atoms with van der Waals surface area (Å²) in [6.45, 7) is 6.11. The molecule has 1 N–H and O–H groups in total. The maximum absolute atomic E-state index is 11.1. The van der Waals surface area contributed by atoms with Gasteiger partial charge in [0, 0.05) is 12.3 Å². The molecule has 2 nitrogen and oxygen atoms in total. The molecular formula is C19H22O2. The highest BCUT2D eigenvalue weighted by molar-refractivity contribution is 5.56. The van der Waals surface area contributed by atoms with E-state index in [4.69, 9.17) is 0 Å². The Balaban J connectivity index is 2.55. The maximum Gasteiger partial charge on any atom is 0.120 e. The fraction of sp³-hybridized carbons (Fsp3) is 0.316. The van der Waals surface area contributed by atoms with Crippen LogP contribution < -0.4 is 0 Å². The number of aryl methyl sites for hydroxylation is 1. The number of phenols is 1. The zero-order chi connectivity index (χ0) is 15.4. The van der Waals surface area contributed by atoms with Crippen LogP contribution in [0, 0.1) is 6.92 Å². The number of carbonyl (C=O) groups is 1. The van der Waals surface area contributed by atoms with Crippen molar-refractivity contribution in [2.24, 2.45) is 0 Å². The van der Waals surface area contributed by atoms with E-state index in [1.165, 1.54) is 0 Å². The summed E-state index contributed by atoms with van der Waals surface area (Å²) in [6, 6.07) is 13.9. The summed E-state index contributed by atoms with van der Waals surface area (Å²) in [4.78, 5) is 11.1. The van der Waals surface area contributed by atoms with Gasteiger partial charge in [0.2, 0.25) is 0 Å². The van der Waals surface area contributed by atoms with Gasteiger partial charge in [-0.05, 0) is 41.2 Å². The lowest BCUT2D eigenvalue weighted by molar-refractivity contribution is -0.108. The van der Waals surface area contributed by atoms with Crippen LogP contribution in [0.2, 0.25) is 0 Å². The van der Waals surface area contributed by atoms with E-state index in [0.29, 0.717) is 12.2 Å². The fourth-order valence-electron chi connectivity index (χ4n) is 2.79. The molecule has 0 spiro atoms. The van der Waals surface area contributed by atoms with Crippen LogP contribution in [0.4, 0.5) is 0 Å². The van der Waals surface area contributed by atoms with Crippen LogP contribution in [0.25, 0.3) is 0 Å². The average molecular weight is 282 g/mol. The minimum atomic E-state index is 0.0433. The van der Waals surface area contributed by atoms with E-state index in [0.717, 1.165) is 28.5 Å². The van der Waals surface area contributed by atoms with Gasteiger partial charge in [-0.3, -0.25) is 0 Å². The summed E-state index contributed by atoms with van der Waals surface area (Å²) >= 11 is 0. The van der Waals surface area contributed by atoms with Crippen molar-refractivity contribution in [1.82, 2.24) is 0 Å². The largest absolute Gasteiger partial charge is 0.508 e. The van der Waals surface area contributed by atoms with Crippen LogP contribution in [-0.4, -0.2) is 11.4 Å². The molecule has 0 amide bonds. The molecule has 0 saturated carbocycles. The van der Waals surface area contributed by atoms with Crippen LogP contribution in [0.3, 0.4) is 0 Å². The van der Waals surface area contributed by atoms with Crippen molar-refractivity contribution in [1.29, 1.82) is 0 Å². The molecule has 1 unspecified atom stereocenters. The first kappa shape index (κ1) is 15.3. The van der Waals surface area contributed by atoms with Gasteiger partial charge in [-0.25, -0.2) is 0 Å². The van der Waals surface area contributed by atoms with E-state index in [1.54, 1.807) is 0 Å². The molecule has 2 aromatic carbocycles. The molecule has 2 rings (SSSR count). The van der Waals surface area contributed by atoms with Crippen molar-refractivity contribution in [3.8, 4) is 5.75 Å². The van der Waals surface area contributed by atoms with Gasteiger partial charge in [0.25, 0.3) is 0 Å². The molecule has 0 radical (unpaired) electrons. The van der Waals surface area contributed by atoms with Crippen molar-refractivity contribution >= 4 is 6.29 Å². The number of hydrogen-bond acceptors (Lipinski definition) is 2. The van der Waals surface area contributed by atoms with Gasteiger partial charge in [0.15, 0.2) is 0 Å². The summed E-state index contributed by atoms with van der Waals surface area (Å²) in [6.07, 6.45) is 1.42. The van der Waals surface area contributed by atoms with Crippen LogP contribution in [0.5, 0.6) is 5.75 Å². The van der Waals surface area contributed by atoms with E-state index >= 15 is 0 Å². The van der Waals surface area contributed by atoms with Gasteiger partial charge in [0.05, 0.1) is 0 Å². The number of benzene rings is 2. The zero-order valence-corrected chi connectivity index (χ0v) is 12.8. The third-order valence-corrected chi connectivity index (χ3v) is 3.95. The Morgan fingerprint density at radius 2 is 1.76 bits per heavy atom. The summed E-state index contributed by atoms with van der Waals surface area (Å²) in [5, 5.41) is 10.1. The zero-order valence-electron chi connectivity index (χ0n) is 12.8. The third-order valence-electron chi connectivity index (χ3n) is 3.95. The first-order valence-corrected chi connectivity index (χ1v) is 7.36. The second-order valence-corrected chi connectivity index (χ2v) is 5.79. The Morgan fingerprint density at radius 3 is 2.33 bits per heavy atom. The summed E-state index contributed by atoms with van der Waals surface area (Å²) < 4.78 is 0. The normalized spacial score (nSPS) is 12.4. The van der Waals surface area contributed by atoms with Crippen molar-refractivity contribution in [3.05, 3.63) is 64.7 Å². The Kier molecular flexibility index (Phi) is 4.79. The number of phenolic OH excluding ortho intramolecular Hbond substituents is 1. The van der Waals surface area contributed by atoms with Gasteiger partial charge in [0.1, 0.15) is 12.0 Å². The fourth-order valence-corrected chi connectivity index (χ4v) is 2.79. The summed E-state index contributed by atoms with van der Waals surface area (Å²) in [7, 11) is 0. The lowest BCUT2D eigenvalue weighted by Crippen LogP contribution is -2.05. The Bertz CT molecular complexity index is 615. The summed E-state index contributed by atoms with van der Waals surface area (Å²) in [5.41, 5.74) is 4.21. The van der Waals surface area contributed by atoms with Crippen molar-refractivity contribution in [3.63, 3.8) is 0 Å². The molecule has 0 aliphatic carbocycles. The van der Waals surface area contributed by atoms with Gasteiger partial charge in [-0.15, -0.1) is 0 Å². The SMILES string of the molecule is Cc1cc(O)c(C(C)C)cc1C(CC=O)c1ccccc1. The molecule has 0 aromatic heterocycles. The molecule has 110 valence electrons. The van der Waals surface area contributed by atoms with Gasteiger partial charge >= 0.3 is 0 Å². The average Bonchev–Trinajstić information content (AvgIpc) is 2.46. The number of carbonyl (C=O) groups excluding carboxylic acids is 1. The number of aromatic hydroxyl groups is 1. The highest BCUT2D eigenvalue weighted by atomic mass is 16.3. The van der Waals surface area contributed by atoms with E-state index in [1.807, 2.05) is 31.2 Å². The highest BCUT2D eigenvalue weighted by Crippen LogP contribution is 2.35. The van der Waals surface area contributed by atoms with Crippen LogP contribution >= 0.6 is 0 Å². The molecule has 0 bridgehead atoms. The second kappa shape index (κ2) is 6.57. The molecule has 0 saturated heterocycles. The third kappa shape index (κ3) is 3.33. The molecular weight excluding hydrogens is 260 g/mol. The van der Waals surface area contributed by atoms with E-state index in [9.17, 15) is 9.90 Å². The van der Waals surface area contributed by atoms with Crippen molar-refractivity contribution < 1.29 is 9.90 Å². The molecule has 0 aliphatic rings. The summed E-state index contributed by atoms with van der Waals surface area (Å²) in [5.74, 6) is 0.628. The van der Waals surface area contributed by atoms with E-state index < -0.39 is 0 Å². The molecule has 0 heterocycles. The van der Waals surface area contributed by atoms with Crippen molar-refractivity contribution in [2.45, 2.75) is 39.0 Å². The first-order valence-electron chi connectivity index (χ1n) is 7.36. The minimum Gasteiger partial charge on any atom is -0.508 e. The van der Waals surface area contributed by atoms with Crippen LogP contribution in [0.1, 0.15) is 54.4 Å². The molecule has 2 heteroatoms. The van der Waals surface area contributed by atoms with Crippen molar-refractivity contribution in [2.75, 3.05) is 0 Å². The monoisotopic (exact) mass is 282 g/mol. The first-order chi connectivity index (χ1) is 10.0. The standard InChI is InChI=1S/C19H22O2/c1-13(2)17-12-18(14(3)11-19(17)21)16(9-10-20)15-7-5-4-6-8-15/h4-8,10-13,16,21H,9H2,1-3H3. The number of aldehydes is 1. The topological polar surface area (TPSA) is 37.3 Å². The Labute approximate surface area is 126 Å². The predicted molar refractivity (Wildman–Crippen MR) is 85.9 cm³/mol.